The van der Waals surface area contributed by atoms with Crippen LogP contribution in [-0.4, -0.2) is 38.6 Å². The van der Waals surface area contributed by atoms with Gasteiger partial charge in [-0.1, -0.05) is 23.8 Å². The number of nitrogens with zero attached hydrogens (tertiary/aromatic N) is 1. The lowest BCUT2D eigenvalue weighted by atomic mass is 10.1. The van der Waals surface area contributed by atoms with Crippen LogP contribution in [0.25, 0.3) is 0 Å². The predicted molar refractivity (Wildman–Crippen MR) is 103 cm³/mol. The number of aryl methyl sites for hydroxylation is 3. The van der Waals surface area contributed by atoms with Crippen molar-refractivity contribution in [2.45, 2.75) is 20.8 Å². The van der Waals surface area contributed by atoms with Crippen LogP contribution in [0.2, 0.25) is 0 Å². The molecule has 1 amide bonds. The Balaban J connectivity index is 1.51. The second-order valence-electron chi connectivity index (χ2n) is 7.22. The number of carbonyl (C=O) groups excluding carboxylic acids is 1. The number of hydrogen-bond donors (Lipinski definition) is 2. The zero-order valence-electron chi connectivity index (χ0n) is 15.7. The smallest absolute Gasteiger partial charge is 0.279 e. The molecule has 1 saturated heterocycles. The number of amides is 1. The number of piperazine rings is 1. The molecule has 5 heteroatoms. The summed E-state index contributed by atoms with van der Waals surface area (Å²) >= 11 is 0. The van der Waals surface area contributed by atoms with Gasteiger partial charge in [-0.05, 0) is 50.1 Å². The van der Waals surface area contributed by atoms with Gasteiger partial charge in [0.05, 0.1) is 26.2 Å². The summed E-state index contributed by atoms with van der Waals surface area (Å²) in [6.45, 7) is 10.1. The first-order valence-electron chi connectivity index (χ1n) is 9.14. The minimum atomic E-state index is -0.294. The molecule has 2 aromatic rings. The van der Waals surface area contributed by atoms with Crippen molar-refractivity contribution in [2.24, 2.45) is 0 Å². The maximum absolute atomic E-state index is 13.6. The van der Waals surface area contributed by atoms with E-state index in [4.69, 9.17) is 0 Å². The zero-order chi connectivity index (χ0) is 18.7. The van der Waals surface area contributed by atoms with Crippen molar-refractivity contribution in [2.75, 3.05) is 42.9 Å². The molecule has 0 bridgehead atoms. The van der Waals surface area contributed by atoms with E-state index in [1.165, 1.54) is 27.8 Å². The highest BCUT2D eigenvalue weighted by atomic mass is 19.1. The van der Waals surface area contributed by atoms with Crippen LogP contribution in [0.1, 0.15) is 16.7 Å². The first-order chi connectivity index (χ1) is 12.4. The van der Waals surface area contributed by atoms with Crippen molar-refractivity contribution in [3.05, 3.63) is 58.9 Å². The predicted octanol–water partition coefficient (Wildman–Crippen LogP) is 2.09. The monoisotopic (exact) mass is 356 g/mol. The van der Waals surface area contributed by atoms with E-state index in [0.717, 1.165) is 26.2 Å². The number of rotatable bonds is 4. The van der Waals surface area contributed by atoms with Crippen molar-refractivity contribution in [1.29, 1.82) is 0 Å². The van der Waals surface area contributed by atoms with Crippen LogP contribution in [0.15, 0.2) is 36.4 Å². The van der Waals surface area contributed by atoms with Crippen LogP contribution in [0.5, 0.6) is 0 Å². The summed E-state index contributed by atoms with van der Waals surface area (Å²) in [7, 11) is 0. The van der Waals surface area contributed by atoms with Gasteiger partial charge in [0, 0.05) is 11.4 Å². The van der Waals surface area contributed by atoms with Crippen molar-refractivity contribution in [1.82, 2.24) is 0 Å². The fourth-order valence-electron chi connectivity index (χ4n) is 3.50. The molecule has 0 aromatic heterocycles. The first kappa shape index (κ1) is 18.4. The number of anilines is 2. The molecule has 0 saturated carbocycles. The van der Waals surface area contributed by atoms with Crippen LogP contribution in [0.4, 0.5) is 15.8 Å². The van der Waals surface area contributed by atoms with Gasteiger partial charge in [0.1, 0.15) is 5.82 Å². The summed E-state index contributed by atoms with van der Waals surface area (Å²) in [6, 6.07) is 11.3. The lowest BCUT2D eigenvalue weighted by Crippen LogP contribution is -3.15. The van der Waals surface area contributed by atoms with Crippen LogP contribution < -0.4 is 15.1 Å². The van der Waals surface area contributed by atoms with Crippen LogP contribution in [-0.2, 0) is 4.79 Å². The van der Waals surface area contributed by atoms with Gasteiger partial charge in [0.15, 0.2) is 6.54 Å². The van der Waals surface area contributed by atoms with E-state index in [0.29, 0.717) is 17.8 Å². The maximum Gasteiger partial charge on any atom is 0.279 e. The highest BCUT2D eigenvalue weighted by Gasteiger charge is 2.23. The lowest BCUT2D eigenvalue weighted by molar-refractivity contribution is -0.892. The molecular weight excluding hydrogens is 329 g/mol. The number of quaternary nitrogens is 1. The topological polar surface area (TPSA) is 36.8 Å². The number of hydrogen-bond acceptors (Lipinski definition) is 2. The minimum Gasteiger partial charge on any atom is -0.360 e. The molecule has 1 aliphatic heterocycles. The average molecular weight is 356 g/mol. The zero-order valence-corrected chi connectivity index (χ0v) is 15.7. The van der Waals surface area contributed by atoms with Crippen LogP contribution >= 0.6 is 0 Å². The van der Waals surface area contributed by atoms with E-state index < -0.39 is 0 Å². The molecule has 4 nitrogen and oxygen atoms in total. The van der Waals surface area contributed by atoms with Gasteiger partial charge in [-0.3, -0.25) is 4.79 Å². The van der Waals surface area contributed by atoms with Crippen molar-refractivity contribution in [3.8, 4) is 0 Å². The fraction of sp³-hybridized carbons (Fsp3) is 0.381. The third-order valence-electron chi connectivity index (χ3n) is 5.03. The molecule has 3 rings (SSSR count). The largest absolute Gasteiger partial charge is 0.360 e. The van der Waals surface area contributed by atoms with E-state index in [1.54, 1.807) is 19.1 Å². The Kier molecular flexibility index (Phi) is 5.57. The van der Waals surface area contributed by atoms with Gasteiger partial charge in [0.25, 0.3) is 5.91 Å². The number of nitrogens with one attached hydrogen (secondary N) is 2. The SMILES string of the molecule is Cc1ccc(N2CC[NH+](CC(=O)Nc3ccc(C)c(F)c3)CC2)c(C)c1. The molecule has 26 heavy (non-hydrogen) atoms. The van der Waals surface area contributed by atoms with Gasteiger partial charge >= 0.3 is 0 Å². The standard InChI is InChI=1S/C21H26FN3O/c1-15-4-7-20(17(3)12-15)25-10-8-24(9-11-25)14-21(26)23-18-6-5-16(2)19(22)13-18/h4-7,12-13H,8-11,14H2,1-3H3,(H,23,26)/p+1. The third kappa shape index (κ3) is 4.41. The normalized spacial score (nSPS) is 15.2. The Bertz CT molecular complexity index is 798. The minimum absolute atomic E-state index is 0.0665. The van der Waals surface area contributed by atoms with Gasteiger partial charge in [-0.25, -0.2) is 4.39 Å². The van der Waals surface area contributed by atoms with E-state index in [1.807, 2.05) is 0 Å². The Morgan fingerprint density at radius 3 is 2.46 bits per heavy atom. The van der Waals surface area contributed by atoms with E-state index in [2.05, 4.69) is 42.3 Å². The highest BCUT2D eigenvalue weighted by molar-refractivity contribution is 5.91. The Hall–Kier alpha value is -2.40. The molecule has 1 fully saturated rings. The van der Waals surface area contributed by atoms with E-state index in [9.17, 15) is 9.18 Å². The summed E-state index contributed by atoms with van der Waals surface area (Å²) in [4.78, 5) is 15.9. The summed E-state index contributed by atoms with van der Waals surface area (Å²) in [6.07, 6.45) is 0. The molecule has 2 aromatic carbocycles. The van der Waals surface area contributed by atoms with E-state index in [-0.39, 0.29) is 11.7 Å². The van der Waals surface area contributed by atoms with Gasteiger partial charge in [-0.2, -0.15) is 0 Å². The van der Waals surface area contributed by atoms with E-state index >= 15 is 0 Å². The third-order valence-corrected chi connectivity index (χ3v) is 5.03. The second-order valence-corrected chi connectivity index (χ2v) is 7.22. The van der Waals surface area contributed by atoms with Gasteiger partial charge in [0.2, 0.25) is 0 Å². The number of halogens is 1. The van der Waals surface area contributed by atoms with Gasteiger partial charge in [-0.15, -0.1) is 0 Å². The lowest BCUT2D eigenvalue weighted by Gasteiger charge is -2.34. The number of carbonyl (C=O) groups is 1. The molecule has 0 radical (unpaired) electrons. The average Bonchev–Trinajstić information content (AvgIpc) is 2.59. The summed E-state index contributed by atoms with van der Waals surface area (Å²) in [5.74, 6) is -0.361. The fourth-order valence-corrected chi connectivity index (χ4v) is 3.50. The Morgan fingerprint density at radius 1 is 1.08 bits per heavy atom. The maximum atomic E-state index is 13.6. The molecule has 0 aliphatic carbocycles. The molecule has 0 spiro atoms. The Labute approximate surface area is 154 Å². The summed E-state index contributed by atoms with van der Waals surface area (Å²) < 4.78 is 13.6. The molecule has 0 atom stereocenters. The van der Waals surface area contributed by atoms with Crippen molar-refractivity contribution >= 4 is 17.3 Å². The molecule has 138 valence electrons. The highest BCUT2D eigenvalue weighted by Crippen LogP contribution is 2.21. The molecule has 1 heterocycles. The quantitative estimate of drug-likeness (QED) is 0.880. The van der Waals surface area contributed by atoms with Crippen molar-refractivity contribution in [3.63, 3.8) is 0 Å². The Morgan fingerprint density at radius 2 is 1.81 bits per heavy atom. The van der Waals surface area contributed by atoms with Crippen LogP contribution in [0, 0.1) is 26.6 Å². The molecule has 0 unspecified atom stereocenters. The number of benzene rings is 2. The van der Waals surface area contributed by atoms with Crippen LogP contribution in [0.3, 0.4) is 0 Å². The molecule has 2 N–H and O–H groups in total. The second kappa shape index (κ2) is 7.87. The van der Waals surface area contributed by atoms with Crippen molar-refractivity contribution < 1.29 is 14.1 Å². The molecule has 1 aliphatic rings. The molecular formula is C21H27FN3O+. The summed E-state index contributed by atoms with van der Waals surface area (Å²) in [5, 5.41) is 2.80. The van der Waals surface area contributed by atoms with Gasteiger partial charge < -0.3 is 15.1 Å². The first-order valence-corrected chi connectivity index (χ1v) is 9.14. The summed E-state index contributed by atoms with van der Waals surface area (Å²) in [5.41, 5.74) is 4.96.